The Morgan fingerprint density at radius 1 is 1.10 bits per heavy atom. The van der Waals surface area contributed by atoms with E-state index in [1.807, 2.05) is 37.3 Å². The number of aldehydes is 1. The van der Waals surface area contributed by atoms with Crippen molar-refractivity contribution in [2.45, 2.75) is 6.92 Å². The number of carbonyl (C=O) groups is 1. The van der Waals surface area contributed by atoms with Crippen molar-refractivity contribution < 1.29 is 19.0 Å². The lowest BCUT2D eigenvalue weighted by atomic mass is 10.2. The molecule has 0 saturated carbocycles. The van der Waals surface area contributed by atoms with E-state index in [0.717, 1.165) is 6.29 Å². The van der Waals surface area contributed by atoms with Gasteiger partial charge in [-0.25, -0.2) is 0 Å². The summed E-state index contributed by atoms with van der Waals surface area (Å²) in [7, 11) is 1.53. The molecular formula is C16H16O4. The summed E-state index contributed by atoms with van der Waals surface area (Å²) in [5, 5.41) is 0. The van der Waals surface area contributed by atoms with Crippen LogP contribution in [0.3, 0.4) is 0 Å². The highest BCUT2D eigenvalue weighted by atomic mass is 16.5. The molecule has 0 amide bonds. The lowest BCUT2D eigenvalue weighted by molar-refractivity contribution is 0.112. The van der Waals surface area contributed by atoms with E-state index in [9.17, 15) is 4.79 Å². The largest absolute Gasteiger partial charge is 0.493 e. The van der Waals surface area contributed by atoms with Gasteiger partial charge in [0.25, 0.3) is 0 Å². The molecule has 0 aromatic heterocycles. The topological polar surface area (TPSA) is 44.8 Å². The summed E-state index contributed by atoms with van der Waals surface area (Å²) < 4.78 is 16.6. The van der Waals surface area contributed by atoms with Crippen LogP contribution >= 0.6 is 0 Å². The first-order valence-corrected chi connectivity index (χ1v) is 6.31. The first-order chi connectivity index (χ1) is 9.78. The third-order valence-corrected chi connectivity index (χ3v) is 2.66. The number of hydrogen-bond donors (Lipinski definition) is 0. The molecule has 0 aliphatic carbocycles. The molecule has 2 aromatic rings. The van der Waals surface area contributed by atoms with Crippen molar-refractivity contribution in [2.24, 2.45) is 0 Å². The number of carbonyl (C=O) groups excluding carboxylic acids is 1. The first kappa shape index (κ1) is 13.9. The van der Waals surface area contributed by atoms with Crippen LogP contribution in [-0.2, 0) is 0 Å². The van der Waals surface area contributed by atoms with Gasteiger partial charge in [0.2, 0.25) is 5.75 Å². The van der Waals surface area contributed by atoms with Crippen molar-refractivity contribution in [1.29, 1.82) is 0 Å². The maximum absolute atomic E-state index is 11.0. The molecule has 4 heteroatoms. The molecular weight excluding hydrogens is 256 g/mol. The molecule has 0 unspecified atom stereocenters. The molecule has 2 rings (SSSR count). The summed E-state index contributed by atoms with van der Waals surface area (Å²) in [6.45, 7) is 2.35. The summed E-state index contributed by atoms with van der Waals surface area (Å²) in [4.78, 5) is 11.0. The highest BCUT2D eigenvalue weighted by Gasteiger charge is 2.15. The van der Waals surface area contributed by atoms with Gasteiger partial charge >= 0.3 is 0 Å². The third kappa shape index (κ3) is 3.09. The van der Waals surface area contributed by atoms with Gasteiger partial charge in [-0.1, -0.05) is 18.2 Å². The summed E-state index contributed by atoms with van der Waals surface area (Å²) in [5.74, 6) is 2.09. The van der Waals surface area contributed by atoms with Gasteiger partial charge in [-0.2, -0.15) is 0 Å². The van der Waals surface area contributed by atoms with Gasteiger partial charge < -0.3 is 14.2 Å². The summed E-state index contributed by atoms with van der Waals surface area (Å²) >= 11 is 0. The van der Waals surface area contributed by atoms with E-state index in [1.165, 1.54) is 7.11 Å². The van der Waals surface area contributed by atoms with Gasteiger partial charge in [0.15, 0.2) is 11.5 Å². The monoisotopic (exact) mass is 272 g/mol. The number of benzene rings is 2. The second-order valence-corrected chi connectivity index (χ2v) is 4.02. The molecule has 0 aliphatic heterocycles. The number of methoxy groups -OCH3 is 1. The second-order valence-electron chi connectivity index (χ2n) is 4.02. The van der Waals surface area contributed by atoms with Gasteiger partial charge in [-0.15, -0.1) is 0 Å². The van der Waals surface area contributed by atoms with E-state index in [4.69, 9.17) is 14.2 Å². The Balaban J connectivity index is 2.45. The molecule has 0 N–H and O–H groups in total. The number of hydrogen-bond acceptors (Lipinski definition) is 4. The zero-order valence-electron chi connectivity index (χ0n) is 11.5. The zero-order chi connectivity index (χ0) is 14.4. The number of rotatable bonds is 6. The zero-order valence-corrected chi connectivity index (χ0v) is 11.5. The molecule has 104 valence electrons. The van der Waals surface area contributed by atoms with Gasteiger partial charge in [-0.3, -0.25) is 4.79 Å². The molecule has 0 saturated heterocycles. The molecule has 0 bridgehead atoms. The minimum absolute atomic E-state index is 0.458. The standard InChI is InChI=1S/C16H16O4/c1-3-19-16-14(18-2)9-12(11-17)10-15(16)20-13-7-5-4-6-8-13/h4-11H,3H2,1-2H3. The molecule has 20 heavy (non-hydrogen) atoms. The van der Waals surface area contributed by atoms with Crippen LogP contribution in [0, 0.1) is 0 Å². The molecule has 0 fully saturated rings. The maximum Gasteiger partial charge on any atom is 0.204 e. The Hall–Kier alpha value is -2.49. The van der Waals surface area contributed by atoms with E-state index in [-0.39, 0.29) is 0 Å². The van der Waals surface area contributed by atoms with Gasteiger partial charge in [0.05, 0.1) is 13.7 Å². The van der Waals surface area contributed by atoms with E-state index in [2.05, 4.69) is 0 Å². The summed E-state index contributed by atoms with van der Waals surface area (Å²) in [6.07, 6.45) is 0.746. The number of para-hydroxylation sites is 1. The minimum atomic E-state index is 0.458. The average molecular weight is 272 g/mol. The Labute approximate surface area is 117 Å². The van der Waals surface area contributed by atoms with Gasteiger partial charge in [0.1, 0.15) is 12.0 Å². The second kappa shape index (κ2) is 6.61. The van der Waals surface area contributed by atoms with E-state index < -0.39 is 0 Å². The number of ether oxygens (including phenoxy) is 3. The Kier molecular flexibility index (Phi) is 4.60. The SMILES string of the molecule is CCOc1c(OC)cc(C=O)cc1Oc1ccccc1. The Bertz CT molecular complexity index is 579. The highest BCUT2D eigenvalue weighted by molar-refractivity contribution is 5.78. The van der Waals surface area contributed by atoms with Crippen LogP contribution in [0.5, 0.6) is 23.0 Å². The highest BCUT2D eigenvalue weighted by Crippen LogP contribution is 2.40. The molecule has 0 spiro atoms. The van der Waals surface area contributed by atoms with Gasteiger partial charge in [0, 0.05) is 5.56 Å². The maximum atomic E-state index is 11.0. The molecule has 4 nitrogen and oxygen atoms in total. The molecule has 0 heterocycles. The van der Waals surface area contributed by atoms with Crippen molar-refractivity contribution in [3.63, 3.8) is 0 Å². The predicted molar refractivity (Wildman–Crippen MR) is 76.1 cm³/mol. The Morgan fingerprint density at radius 2 is 1.80 bits per heavy atom. The van der Waals surface area contributed by atoms with Crippen molar-refractivity contribution in [1.82, 2.24) is 0 Å². The fourth-order valence-electron chi connectivity index (χ4n) is 1.79. The average Bonchev–Trinajstić information content (AvgIpc) is 2.50. The van der Waals surface area contributed by atoms with Crippen molar-refractivity contribution >= 4 is 6.29 Å². The lowest BCUT2D eigenvalue weighted by Crippen LogP contribution is -1.99. The third-order valence-electron chi connectivity index (χ3n) is 2.66. The summed E-state index contributed by atoms with van der Waals surface area (Å²) in [5.41, 5.74) is 0.469. The molecule has 2 aromatic carbocycles. The predicted octanol–water partition coefficient (Wildman–Crippen LogP) is 3.70. The van der Waals surface area contributed by atoms with Crippen LogP contribution in [0.2, 0.25) is 0 Å². The lowest BCUT2D eigenvalue weighted by Gasteiger charge is -2.15. The van der Waals surface area contributed by atoms with E-state index in [1.54, 1.807) is 12.1 Å². The molecule has 0 atom stereocenters. The minimum Gasteiger partial charge on any atom is -0.493 e. The normalized spacial score (nSPS) is 9.90. The fraction of sp³-hybridized carbons (Fsp3) is 0.188. The van der Waals surface area contributed by atoms with Gasteiger partial charge in [-0.05, 0) is 31.2 Å². The van der Waals surface area contributed by atoms with Crippen molar-refractivity contribution in [2.75, 3.05) is 13.7 Å². The molecule has 0 radical (unpaired) electrons. The summed E-state index contributed by atoms with van der Waals surface area (Å²) in [6, 6.07) is 12.6. The quantitative estimate of drug-likeness (QED) is 0.752. The smallest absolute Gasteiger partial charge is 0.204 e. The van der Waals surface area contributed by atoms with Crippen LogP contribution in [0.4, 0.5) is 0 Å². The van der Waals surface area contributed by atoms with Crippen LogP contribution in [-0.4, -0.2) is 20.0 Å². The van der Waals surface area contributed by atoms with Crippen LogP contribution < -0.4 is 14.2 Å². The van der Waals surface area contributed by atoms with E-state index >= 15 is 0 Å². The Morgan fingerprint density at radius 3 is 2.40 bits per heavy atom. The van der Waals surface area contributed by atoms with Crippen LogP contribution in [0.1, 0.15) is 17.3 Å². The van der Waals surface area contributed by atoms with E-state index in [0.29, 0.717) is 35.2 Å². The van der Waals surface area contributed by atoms with Crippen molar-refractivity contribution in [3.8, 4) is 23.0 Å². The fourth-order valence-corrected chi connectivity index (χ4v) is 1.79. The molecule has 0 aliphatic rings. The van der Waals surface area contributed by atoms with Crippen molar-refractivity contribution in [3.05, 3.63) is 48.0 Å². The van der Waals surface area contributed by atoms with Crippen LogP contribution in [0.25, 0.3) is 0 Å². The first-order valence-electron chi connectivity index (χ1n) is 6.31. The van der Waals surface area contributed by atoms with Crippen LogP contribution in [0.15, 0.2) is 42.5 Å².